The lowest BCUT2D eigenvalue weighted by Crippen LogP contribution is -2.23. The van der Waals surface area contributed by atoms with E-state index in [0.717, 1.165) is 16.3 Å². The van der Waals surface area contributed by atoms with Crippen LogP contribution in [0.4, 0.5) is 0 Å². The van der Waals surface area contributed by atoms with E-state index in [1.165, 1.54) is 5.56 Å². The smallest absolute Gasteiger partial charge is 0.251 e. The molecule has 0 aliphatic rings. The van der Waals surface area contributed by atoms with E-state index in [1.807, 2.05) is 38.3 Å². The molecule has 6 nitrogen and oxygen atoms in total. The van der Waals surface area contributed by atoms with Crippen LogP contribution >= 0.6 is 11.3 Å². The summed E-state index contributed by atoms with van der Waals surface area (Å²) in [6.45, 7) is 9.45. The minimum atomic E-state index is -0.226. The van der Waals surface area contributed by atoms with Crippen LogP contribution in [0.25, 0.3) is 10.6 Å². The first-order chi connectivity index (χ1) is 15.1. The number of rotatable bonds is 10. The van der Waals surface area contributed by atoms with Crippen molar-refractivity contribution < 1.29 is 19.0 Å². The Bertz CT molecular complexity index is 1000. The second-order valence-corrected chi connectivity index (χ2v) is 7.60. The van der Waals surface area contributed by atoms with Gasteiger partial charge in [0.05, 0.1) is 32.1 Å². The van der Waals surface area contributed by atoms with Gasteiger partial charge in [0.1, 0.15) is 5.01 Å². The van der Waals surface area contributed by atoms with Crippen molar-refractivity contribution in [1.29, 1.82) is 0 Å². The Morgan fingerprint density at radius 3 is 2.26 bits per heavy atom. The molecule has 0 unspecified atom stereocenters. The molecule has 0 saturated heterocycles. The van der Waals surface area contributed by atoms with Crippen LogP contribution in [-0.2, 0) is 6.54 Å². The van der Waals surface area contributed by atoms with Gasteiger partial charge in [-0.1, -0.05) is 24.3 Å². The van der Waals surface area contributed by atoms with Crippen molar-refractivity contribution in [1.82, 2.24) is 10.3 Å². The topological polar surface area (TPSA) is 69.7 Å². The maximum absolute atomic E-state index is 12.8. The number of benzene rings is 2. The van der Waals surface area contributed by atoms with Crippen LogP contribution in [0.3, 0.4) is 0 Å². The molecule has 3 rings (SSSR count). The highest BCUT2D eigenvalue weighted by Crippen LogP contribution is 2.39. The van der Waals surface area contributed by atoms with E-state index in [-0.39, 0.29) is 5.91 Å². The minimum absolute atomic E-state index is 0.226. The zero-order valence-electron chi connectivity index (χ0n) is 18.4. The van der Waals surface area contributed by atoms with E-state index < -0.39 is 0 Å². The molecule has 31 heavy (non-hydrogen) atoms. The molecule has 1 aromatic heterocycles. The largest absolute Gasteiger partial charge is 0.490 e. The van der Waals surface area contributed by atoms with Crippen LogP contribution in [-0.4, -0.2) is 30.7 Å². The normalized spacial score (nSPS) is 10.6. The summed E-state index contributed by atoms with van der Waals surface area (Å²) in [4.78, 5) is 17.5. The molecule has 0 radical (unpaired) electrons. The third-order valence-corrected chi connectivity index (χ3v) is 5.45. The fraction of sp³-hybridized carbons (Fsp3) is 0.333. The molecule has 7 heteroatoms. The Morgan fingerprint density at radius 1 is 1.00 bits per heavy atom. The minimum Gasteiger partial charge on any atom is -0.490 e. The van der Waals surface area contributed by atoms with Crippen molar-refractivity contribution in [3.8, 4) is 27.8 Å². The van der Waals surface area contributed by atoms with Gasteiger partial charge in [-0.15, -0.1) is 11.3 Å². The third kappa shape index (κ3) is 5.55. The molecule has 0 atom stereocenters. The SMILES string of the molecule is CCOc1cc(C(=O)NCc2csc(-c3ccccc3C)n2)cc(OCC)c1OCC. The number of carbonyl (C=O) groups excluding carboxylic acids is 1. The molecular weight excluding hydrogens is 412 g/mol. The third-order valence-electron chi connectivity index (χ3n) is 4.53. The van der Waals surface area contributed by atoms with Crippen LogP contribution in [0.1, 0.15) is 42.4 Å². The number of nitrogens with zero attached hydrogens (tertiary/aromatic N) is 1. The number of nitrogens with one attached hydrogen (secondary N) is 1. The summed E-state index contributed by atoms with van der Waals surface area (Å²) >= 11 is 1.57. The van der Waals surface area contributed by atoms with E-state index in [4.69, 9.17) is 14.2 Å². The number of thiazole rings is 1. The lowest BCUT2D eigenvalue weighted by molar-refractivity contribution is 0.0949. The molecule has 1 amide bonds. The van der Waals surface area contributed by atoms with Gasteiger partial charge in [-0.2, -0.15) is 0 Å². The Kier molecular flexibility index (Phi) is 7.89. The highest BCUT2D eigenvalue weighted by Gasteiger charge is 2.18. The summed E-state index contributed by atoms with van der Waals surface area (Å²) in [6, 6.07) is 11.5. The maximum atomic E-state index is 12.8. The molecule has 0 aliphatic heterocycles. The van der Waals surface area contributed by atoms with Gasteiger partial charge in [0, 0.05) is 16.5 Å². The van der Waals surface area contributed by atoms with E-state index in [2.05, 4.69) is 29.4 Å². The van der Waals surface area contributed by atoms with Crippen molar-refractivity contribution in [3.63, 3.8) is 0 Å². The van der Waals surface area contributed by atoms with Crippen LogP contribution in [0.15, 0.2) is 41.8 Å². The van der Waals surface area contributed by atoms with Crippen molar-refractivity contribution in [2.45, 2.75) is 34.2 Å². The van der Waals surface area contributed by atoms with Gasteiger partial charge >= 0.3 is 0 Å². The summed E-state index contributed by atoms with van der Waals surface area (Å²) in [5.74, 6) is 1.28. The molecule has 0 bridgehead atoms. The summed E-state index contributed by atoms with van der Waals surface area (Å²) in [5, 5.41) is 5.85. The molecule has 0 saturated carbocycles. The quantitative estimate of drug-likeness (QED) is 0.467. The van der Waals surface area contributed by atoms with Gasteiger partial charge in [0.15, 0.2) is 11.5 Å². The molecule has 1 heterocycles. The molecule has 3 aromatic rings. The van der Waals surface area contributed by atoms with Crippen molar-refractivity contribution in [2.75, 3.05) is 19.8 Å². The van der Waals surface area contributed by atoms with Crippen LogP contribution in [0.2, 0.25) is 0 Å². The first kappa shape index (κ1) is 22.6. The van der Waals surface area contributed by atoms with Gasteiger partial charge in [0.25, 0.3) is 5.91 Å². The molecule has 1 N–H and O–H groups in total. The number of aromatic nitrogens is 1. The monoisotopic (exact) mass is 440 g/mol. The van der Waals surface area contributed by atoms with Crippen molar-refractivity contribution >= 4 is 17.2 Å². The number of ether oxygens (including phenoxy) is 3. The second kappa shape index (κ2) is 10.8. The summed E-state index contributed by atoms with van der Waals surface area (Å²) in [6.07, 6.45) is 0. The van der Waals surface area contributed by atoms with E-state index >= 15 is 0 Å². The number of hydrogen-bond donors (Lipinski definition) is 1. The Labute approximate surface area is 187 Å². The van der Waals surface area contributed by atoms with Crippen LogP contribution in [0, 0.1) is 6.92 Å². The number of hydrogen-bond acceptors (Lipinski definition) is 6. The zero-order chi connectivity index (χ0) is 22.2. The van der Waals surface area contributed by atoms with Crippen molar-refractivity contribution in [3.05, 3.63) is 58.6 Å². The zero-order valence-corrected chi connectivity index (χ0v) is 19.2. The lowest BCUT2D eigenvalue weighted by atomic mass is 10.1. The van der Waals surface area contributed by atoms with E-state index in [9.17, 15) is 4.79 Å². The fourth-order valence-electron chi connectivity index (χ4n) is 3.12. The van der Waals surface area contributed by atoms with Gasteiger partial charge in [-0.05, 0) is 45.4 Å². The predicted octanol–water partition coefficient (Wildman–Crippen LogP) is 5.24. The molecular formula is C24H28N2O4S. The Morgan fingerprint density at radius 2 is 1.65 bits per heavy atom. The average molecular weight is 441 g/mol. The predicted molar refractivity (Wildman–Crippen MR) is 123 cm³/mol. The second-order valence-electron chi connectivity index (χ2n) is 6.74. The summed E-state index contributed by atoms with van der Waals surface area (Å²) in [7, 11) is 0. The summed E-state index contributed by atoms with van der Waals surface area (Å²) in [5.41, 5.74) is 3.55. The fourth-order valence-corrected chi connectivity index (χ4v) is 4.03. The maximum Gasteiger partial charge on any atom is 0.251 e. The molecule has 0 spiro atoms. The molecule has 164 valence electrons. The molecule has 0 aliphatic carbocycles. The lowest BCUT2D eigenvalue weighted by Gasteiger charge is -2.17. The standard InChI is InChI=1S/C24H28N2O4S/c1-5-28-20-12-17(13-21(29-6-2)22(20)30-7-3)23(27)25-14-18-15-31-24(26-18)19-11-9-8-10-16(19)4/h8-13,15H,5-7,14H2,1-4H3,(H,25,27). The van der Waals surface area contributed by atoms with Crippen molar-refractivity contribution in [2.24, 2.45) is 0 Å². The Balaban J connectivity index is 1.76. The first-order valence-electron chi connectivity index (χ1n) is 10.4. The van der Waals surface area contributed by atoms with E-state index in [0.29, 0.717) is 49.2 Å². The first-order valence-corrected chi connectivity index (χ1v) is 11.3. The molecule has 2 aromatic carbocycles. The highest BCUT2D eigenvalue weighted by atomic mass is 32.1. The van der Waals surface area contributed by atoms with Crippen LogP contribution < -0.4 is 19.5 Å². The Hall–Kier alpha value is -3.06. The summed E-state index contributed by atoms with van der Waals surface area (Å²) < 4.78 is 17.1. The number of aryl methyl sites for hydroxylation is 1. The molecule has 0 fully saturated rings. The van der Waals surface area contributed by atoms with E-state index in [1.54, 1.807) is 23.5 Å². The van der Waals surface area contributed by atoms with Gasteiger partial charge < -0.3 is 19.5 Å². The number of carbonyl (C=O) groups is 1. The van der Waals surface area contributed by atoms with Gasteiger partial charge in [-0.25, -0.2) is 4.98 Å². The van der Waals surface area contributed by atoms with Crippen LogP contribution in [0.5, 0.6) is 17.2 Å². The van der Waals surface area contributed by atoms with Gasteiger partial charge in [-0.3, -0.25) is 4.79 Å². The average Bonchev–Trinajstić information content (AvgIpc) is 3.23. The number of amides is 1. The highest BCUT2D eigenvalue weighted by molar-refractivity contribution is 7.13. The van der Waals surface area contributed by atoms with Gasteiger partial charge in [0.2, 0.25) is 5.75 Å².